The third kappa shape index (κ3) is 7.24. The number of amides is 3. The van der Waals surface area contributed by atoms with E-state index in [-0.39, 0.29) is 4.90 Å². The normalized spacial score (nSPS) is 11.0. The Labute approximate surface area is 184 Å². The summed E-state index contributed by atoms with van der Waals surface area (Å²) in [5.41, 5.74) is 0.414. The lowest BCUT2D eigenvalue weighted by molar-refractivity contribution is -0.148. The van der Waals surface area contributed by atoms with Gasteiger partial charge in [0.25, 0.3) is 5.91 Å². The molecular formula is C19H20ClN3O7S. The molecule has 0 unspecified atom stereocenters. The van der Waals surface area contributed by atoms with Gasteiger partial charge in [0.05, 0.1) is 12.0 Å². The summed E-state index contributed by atoms with van der Waals surface area (Å²) in [6.07, 6.45) is 0. The lowest BCUT2D eigenvalue weighted by Gasteiger charge is -2.16. The van der Waals surface area contributed by atoms with Crippen LogP contribution in [0.1, 0.15) is 0 Å². The highest BCUT2D eigenvalue weighted by Crippen LogP contribution is 2.17. The molecule has 2 aromatic rings. The highest BCUT2D eigenvalue weighted by atomic mass is 35.5. The SMILES string of the molecule is COc1ccc(NC(=O)NC(=O)COC(=O)CN(C)S(=O)(=O)c2ccc(Cl)cc2)cc1. The first-order chi connectivity index (χ1) is 14.6. The Morgan fingerprint density at radius 3 is 2.23 bits per heavy atom. The monoisotopic (exact) mass is 469 g/mol. The number of imide groups is 1. The van der Waals surface area contributed by atoms with Crippen molar-refractivity contribution in [3.63, 3.8) is 0 Å². The van der Waals surface area contributed by atoms with Crippen molar-refractivity contribution in [2.45, 2.75) is 4.90 Å². The van der Waals surface area contributed by atoms with Crippen molar-refractivity contribution in [2.24, 2.45) is 0 Å². The second-order valence-electron chi connectivity index (χ2n) is 6.11. The van der Waals surface area contributed by atoms with E-state index in [1.807, 2.05) is 5.32 Å². The number of halogens is 1. The van der Waals surface area contributed by atoms with Crippen molar-refractivity contribution in [1.29, 1.82) is 0 Å². The molecule has 2 rings (SSSR count). The van der Waals surface area contributed by atoms with Crippen LogP contribution in [0.4, 0.5) is 10.5 Å². The Balaban J connectivity index is 1.79. The van der Waals surface area contributed by atoms with E-state index in [0.717, 1.165) is 4.31 Å². The molecule has 0 aliphatic heterocycles. The molecule has 0 saturated carbocycles. The molecule has 2 N–H and O–H groups in total. The quantitative estimate of drug-likeness (QED) is 0.564. The third-order valence-electron chi connectivity index (χ3n) is 3.84. The predicted octanol–water partition coefficient (Wildman–Crippen LogP) is 1.86. The van der Waals surface area contributed by atoms with Gasteiger partial charge in [-0.25, -0.2) is 13.2 Å². The van der Waals surface area contributed by atoms with E-state index >= 15 is 0 Å². The Morgan fingerprint density at radius 1 is 1.03 bits per heavy atom. The minimum atomic E-state index is -3.95. The van der Waals surface area contributed by atoms with Crippen LogP contribution in [0.2, 0.25) is 5.02 Å². The van der Waals surface area contributed by atoms with E-state index in [1.54, 1.807) is 24.3 Å². The van der Waals surface area contributed by atoms with Crippen LogP contribution in [0.5, 0.6) is 5.75 Å². The number of sulfonamides is 1. The van der Waals surface area contributed by atoms with Crippen LogP contribution in [0.3, 0.4) is 0 Å². The van der Waals surface area contributed by atoms with Crippen LogP contribution in [-0.2, 0) is 24.3 Å². The number of urea groups is 1. The fourth-order valence-electron chi connectivity index (χ4n) is 2.24. The summed E-state index contributed by atoms with van der Waals surface area (Å²) in [4.78, 5) is 35.4. The maximum absolute atomic E-state index is 12.4. The van der Waals surface area contributed by atoms with Crippen molar-refractivity contribution in [3.8, 4) is 5.75 Å². The second kappa shape index (κ2) is 10.8. The largest absolute Gasteiger partial charge is 0.497 e. The van der Waals surface area contributed by atoms with Crippen molar-refractivity contribution in [1.82, 2.24) is 9.62 Å². The summed E-state index contributed by atoms with van der Waals surface area (Å²) in [5, 5.41) is 4.77. The molecule has 0 heterocycles. The van der Waals surface area contributed by atoms with Gasteiger partial charge in [-0.15, -0.1) is 0 Å². The van der Waals surface area contributed by atoms with E-state index in [1.165, 1.54) is 38.4 Å². The number of rotatable bonds is 8. The van der Waals surface area contributed by atoms with Crippen LogP contribution < -0.4 is 15.4 Å². The lowest BCUT2D eigenvalue weighted by Crippen LogP contribution is -2.38. The van der Waals surface area contributed by atoms with Gasteiger partial charge >= 0.3 is 12.0 Å². The van der Waals surface area contributed by atoms with Gasteiger partial charge in [0.2, 0.25) is 10.0 Å². The Kier molecular flexibility index (Phi) is 8.37. The molecule has 0 bridgehead atoms. The molecule has 0 radical (unpaired) electrons. The van der Waals surface area contributed by atoms with Crippen molar-refractivity contribution in [2.75, 3.05) is 32.6 Å². The zero-order chi connectivity index (χ0) is 23.0. The summed E-state index contributed by atoms with van der Waals surface area (Å²) in [5.74, 6) is -1.26. The summed E-state index contributed by atoms with van der Waals surface area (Å²) in [6, 6.07) is 11.0. The van der Waals surface area contributed by atoms with Gasteiger partial charge in [-0.1, -0.05) is 11.6 Å². The standard InChI is InChI=1S/C19H20ClN3O7S/c1-23(31(27,28)16-9-3-13(20)4-10-16)11-18(25)30-12-17(24)22-19(26)21-14-5-7-15(29-2)8-6-14/h3-10H,11-12H2,1-2H3,(H2,21,22,24,26). The van der Waals surface area contributed by atoms with Crippen molar-refractivity contribution in [3.05, 3.63) is 53.6 Å². The number of hydrogen-bond donors (Lipinski definition) is 2. The number of carbonyl (C=O) groups is 3. The van der Waals surface area contributed by atoms with Gasteiger partial charge in [0.15, 0.2) is 6.61 Å². The molecule has 0 aliphatic rings. The summed E-state index contributed by atoms with van der Waals surface area (Å²) in [7, 11) is -1.26. The van der Waals surface area contributed by atoms with Gasteiger partial charge < -0.3 is 14.8 Å². The van der Waals surface area contributed by atoms with Crippen LogP contribution >= 0.6 is 11.6 Å². The minimum Gasteiger partial charge on any atom is -0.497 e. The number of esters is 1. The topological polar surface area (TPSA) is 131 Å². The third-order valence-corrected chi connectivity index (χ3v) is 5.91. The summed E-state index contributed by atoms with van der Waals surface area (Å²) >= 11 is 5.74. The number of carbonyl (C=O) groups excluding carboxylic acids is 3. The Morgan fingerprint density at radius 2 is 1.65 bits per heavy atom. The number of ether oxygens (including phenoxy) is 2. The molecule has 0 aromatic heterocycles. The van der Waals surface area contributed by atoms with Crippen LogP contribution in [0, 0.1) is 0 Å². The fraction of sp³-hybridized carbons (Fsp3) is 0.211. The van der Waals surface area contributed by atoms with E-state index in [9.17, 15) is 22.8 Å². The zero-order valence-corrected chi connectivity index (χ0v) is 18.2. The maximum Gasteiger partial charge on any atom is 0.325 e. The van der Waals surface area contributed by atoms with Crippen molar-refractivity contribution >= 4 is 45.2 Å². The zero-order valence-electron chi connectivity index (χ0n) is 16.6. The average molecular weight is 470 g/mol. The predicted molar refractivity (Wildman–Crippen MR) is 112 cm³/mol. The molecule has 31 heavy (non-hydrogen) atoms. The molecule has 0 fully saturated rings. The molecule has 12 heteroatoms. The number of anilines is 1. The van der Waals surface area contributed by atoms with Crippen LogP contribution in [0.25, 0.3) is 0 Å². The number of benzene rings is 2. The molecular weight excluding hydrogens is 450 g/mol. The molecule has 3 amide bonds. The first-order valence-corrected chi connectivity index (χ1v) is 10.6. The molecule has 0 atom stereocenters. The Hall–Kier alpha value is -3.15. The van der Waals surface area contributed by atoms with Gasteiger partial charge in [-0.3, -0.25) is 14.9 Å². The van der Waals surface area contributed by atoms with E-state index in [4.69, 9.17) is 21.1 Å². The highest BCUT2D eigenvalue weighted by Gasteiger charge is 2.24. The molecule has 0 saturated heterocycles. The molecule has 2 aromatic carbocycles. The molecule has 0 spiro atoms. The molecule has 0 aliphatic carbocycles. The number of nitrogens with zero attached hydrogens (tertiary/aromatic N) is 1. The number of likely N-dealkylation sites (N-methyl/N-ethyl adjacent to an activating group) is 1. The fourth-order valence-corrected chi connectivity index (χ4v) is 3.49. The number of methoxy groups -OCH3 is 1. The highest BCUT2D eigenvalue weighted by molar-refractivity contribution is 7.89. The number of nitrogens with one attached hydrogen (secondary N) is 2. The second-order valence-corrected chi connectivity index (χ2v) is 8.59. The van der Waals surface area contributed by atoms with E-state index in [2.05, 4.69) is 5.32 Å². The van der Waals surface area contributed by atoms with Gasteiger partial charge in [0.1, 0.15) is 12.3 Å². The first-order valence-electron chi connectivity index (χ1n) is 8.74. The molecule has 166 valence electrons. The maximum atomic E-state index is 12.4. The average Bonchev–Trinajstić information content (AvgIpc) is 2.73. The minimum absolute atomic E-state index is 0.0554. The van der Waals surface area contributed by atoms with E-state index in [0.29, 0.717) is 16.5 Å². The van der Waals surface area contributed by atoms with Crippen LogP contribution in [-0.4, -0.2) is 57.9 Å². The summed E-state index contributed by atoms with van der Waals surface area (Å²) in [6.45, 7) is -1.39. The van der Waals surface area contributed by atoms with Crippen molar-refractivity contribution < 1.29 is 32.3 Å². The lowest BCUT2D eigenvalue weighted by atomic mass is 10.3. The number of hydrogen-bond acceptors (Lipinski definition) is 7. The van der Waals surface area contributed by atoms with E-state index < -0.39 is 41.1 Å². The smallest absolute Gasteiger partial charge is 0.325 e. The van der Waals surface area contributed by atoms with Gasteiger partial charge in [0, 0.05) is 17.8 Å². The van der Waals surface area contributed by atoms with Gasteiger partial charge in [-0.2, -0.15) is 4.31 Å². The summed E-state index contributed by atoms with van der Waals surface area (Å²) < 4.78 is 35.3. The van der Waals surface area contributed by atoms with Crippen LogP contribution in [0.15, 0.2) is 53.4 Å². The Bertz CT molecular complexity index is 1040. The van der Waals surface area contributed by atoms with Gasteiger partial charge in [-0.05, 0) is 48.5 Å². The molecule has 10 nitrogen and oxygen atoms in total. The first kappa shape index (κ1) is 24.1.